The third-order valence-corrected chi connectivity index (χ3v) is 5.52. The van der Waals surface area contributed by atoms with Gasteiger partial charge in [-0.15, -0.1) is 0 Å². The van der Waals surface area contributed by atoms with E-state index in [9.17, 15) is 4.79 Å². The summed E-state index contributed by atoms with van der Waals surface area (Å²) in [5.41, 5.74) is 3.01. The molecule has 6 nitrogen and oxygen atoms in total. The normalized spacial score (nSPS) is 17.8. The number of rotatable bonds is 4. The summed E-state index contributed by atoms with van der Waals surface area (Å²) >= 11 is 3.25. The summed E-state index contributed by atoms with van der Waals surface area (Å²) in [4.78, 5) is 17.3. The van der Waals surface area contributed by atoms with Crippen molar-refractivity contribution in [3.63, 3.8) is 0 Å². The first-order valence-electron chi connectivity index (χ1n) is 9.49. The lowest BCUT2D eigenvalue weighted by atomic mass is 10.1. The molecule has 0 atom stereocenters. The Morgan fingerprint density at radius 2 is 1.74 bits per heavy atom. The monoisotopic (exact) mass is 433 g/mol. The third kappa shape index (κ3) is 4.30. The Morgan fingerprint density at radius 1 is 0.963 bits per heavy atom. The number of ether oxygens (including phenoxy) is 1. The Morgan fingerprint density at radius 3 is 2.44 bits per heavy atom. The van der Waals surface area contributed by atoms with Crippen LogP contribution in [0, 0.1) is 0 Å². The number of carbonyl (C=O) groups excluding carboxylic acids is 1. The van der Waals surface area contributed by atoms with Crippen LogP contribution >= 0.6 is 15.9 Å². The highest BCUT2D eigenvalue weighted by Gasteiger charge is 2.20. The second-order valence-electron chi connectivity index (χ2n) is 6.91. The third-order valence-electron chi connectivity index (χ3n) is 5.10. The molecule has 27 heavy (non-hydrogen) atoms. The molecule has 1 N–H and O–H groups in total. The maximum absolute atomic E-state index is 12.7. The fourth-order valence-electron chi connectivity index (χ4n) is 3.67. The minimum absolute atomic E-state index is 0.238. The molecule has 0 spiro atoms. The van der Waals surface area contributed by atoms with Gasteiger partial charge in [0.25, 0.3) is 5.91 Å². The highest BCUT2D eigenvalue weighted by atomic mass is 79.9. The molecule has 2 fully saturated rings. The van der Waals surface area contributed by atoms with E-state index < -0.39 is 0 Å². The molecule has 2 saturated heterocycles. The minimum Gasteiger partial charge on any atom is -0.444 e. The summed E-state index contributed by atoms with van der Waals surface area (Å²) in [6.07, 6.45) is 3.64. The van der Waals surface area contributed by atoms with Crippen molar-refractivity contribution in [3.05, 3.63) is 40.8 Å². The van der Waals surface area contributed by atoms with E-state index in [1.165, 1.54) is 19.3 Å². The van der Waals surface area contributed by atoms with Gasteiger partial charge in [0.05, 0.1) is 24.6 Å². The van der Waals surface area contributed by atoms with Gasteiger partial charge in [0, 0.05) is 31.9 Å². The second kappa shape index (κ2) is 8.35. The van der Waals surface area contributed by atoms with Gasteiger partial charge in [0.15, 0.2) is 10.4 Å². The molecule has 0 bridgehead atoms. The topological polar surface area (TPSA) is 58.0 Å². The summed E-state index contributed by atoms with van der Waals surface area (Å²) in [5, 5.41) is 3.06. The highest BCUT2D eigenvalue weighted by molar-refractivity contribution is 9.10. The number of furan rings is 1. The number of anilines is 3. The van der Waals surface area contributed by atoms with Crippen LogP contribution < -0.4 is 15.1 Å². The van der Waals surface area contributed by atoms with Crippen LogP contribution in [-0.4, -0.2) is 45.3 Å². The maximum Gasteiger partial charge on any atom is 0.291 e. The van der Waals surface area contributed by atoms with E-state index in [0.29, 0.717) is 10.4 Å². The Labute approximate surface area is 167 Å². The van der Waals surface area contributed by atoms with E-state index in [1.54, 1.807) is 12.1 Å². The van der Waals surface area contributed by atoms with Gasteiger partial charge in [-0.05, 0) is 65.5 Å². The number of nitrogens with zero attached hydrogens (tertiary/aromatic N) is 2. The van der Waals surface area contributed by atoms with Crippen LogP contribution in [0.3, 0.4) is 0 Å². The van der Waals surface area contributed by atoms with Crippen molar-refractivity contribution < 1.29 is 13.9 Å². The van der Waals surface area contributed by atoms with Crippen LogP contribution in [0.2, 0.25) is 0 Å². The van der Waals surface area contributed by atoms with Crippen molar-refractivity contribution >= 4 is 38.9 Å². The Kier molecular flexibility index (Phi) is 5.69. The number of piperidine rings is 1. The van der Waals surface area contributed by atoms with Crippen LogP contribution in [0.15, 0.2) is 39.4 Å². The fraction of sp³-hybridized carbons (Fsp3) is 0.450. The van der Waals surface area contributed by atoms with Crippen LogP contribution in [0.5, 0.6) is 0 Å². The largest absolute Gasteiger partial charge is 0.444 e. The molecule has 0 unspecified atom stereocenters. The molecular formula is C20H24BrN3O3. The number of hydrogen-bond donors (Lipinski definition) is 1. The van der Waals surface area contributed by atoms with Crippen molar-refractivity contribution in [1.82, 2.24) is 0 Å². The van der Waals surface area contributed by atoms with Gasteiger partial charge in [-0.25, -0.2) is 0 Å². The predicted molar refractivity (Wildman–Crippen MR) is 110 cm³/mol. The average Bonchev–Trinajstić information content (AvgIpc) is 3.16. The summed E-state index contributed by atoms with van der Waals surface area (Å²) in [7, 11) is 0. The summed E-state index contributed by atoms with van der Waals surface area (Å²) < 4.78 is 11.4. The lowest BCUT2D eigenvalue weighted by Gasteiger charge is -2.33. The van der Waals surface area contributed by atoms with Crippen molar-refractivity contribution in [1.29, 1.82) is 0 Å². The molecule has 1 amide bonds. The van der Waals surface area contributed by atoms with E-state index >= 15 is 0 Å². The molecular weight excluding hydrogens is 410 g/mol. The lowest BCUT2D eigenvalue weighted by Crippen LogP contribution is -2.36. The summed E-state index contributed by atoms with van der Waals surface area (Å²) in [5.74, 6) is 0.0568. The van der Waals surface area contributed by atoms with Crippen LogP contribution in [0.1, 0.15) is 29.8 Å². The van der Waals surface area contributed by atoms with E-state index in [-0.39, 0.29) is 5.91 Å². The van der Waals surface area contributed by atoms with Gasteiger partial charge in [-0.1, -0.05) is 0 Å². The SMILES string of the molecule is O=C(Nc1cc(N2CCOCC2)ccc1N1CCCCC1)c1ccc(Br)o1. The molecule has 2 aliphatic rings. The molecule has 4 rings (SSSR count). The van der Waals surface area contributed by atoms with E-state index in [4.69, 9.17) is 9.15 Å². The Balaban J connectivity index is 1.62. The summed E-state index contributed by atoms with van der Waals surface area (Å²) in [6, 6.07) is 9.75. The molecule has 1 aromatic heterocycles. The number of nitrogens with one attached hydrogen (secondary N) is 1. The minimum atomic E-state index is -0.238. The summed E-state index contributed by atoms with van der Waals surface area (Å²) in [6.45, 7) is 5.23. The van der Waals surface area contributed by atoms with Gasteiger partial charge < -0.3 is 24.3 Å². The molecule has 3 heterocycles. The number of morpholine rings is 1. The maximum atomic E-state index is 12.7. The second-order valence-corrected chi connectivity index (χ2v) is 7.69. The Bertz CT molecular complexity index is 796. The van der Waals surface area contributed by atoms with Gasteiger partial charge in [0.1, 0.15) is 0 Å². The number of carbonyl (C=O) groups is 1. The zero-order valence-electron chi connectivity index (χ0n) is 15.2. The first-order valence-corrected chi connectivity index (χ1v) is 10.3. The number of amides is 1. The van der Waals surface area contributed by atoms with Gasteiger partial charge in [-0.2, -0.15) is 0 Å². The van der Waals surface area contributed by atoms with Crippen LogP contribution in [0.25, 0.3) is 0 Å². The molecule has 0 saturated carbocycles. The quantitative estimate of drug-likeness (QED) is 0.785. The number of benzene rings is 1. The number of hydrogen-bond acceptors (Lipinski definition) is 5. The zero-order valence-corrected chi connectivity index (χ0v) is 16.8. The van der Waals surface area contributed by atoms with E-state index in [2.05, 4.69) is 49.2 Å². The van der Waals surface area contributed by atoms with Gasteiger partial charge >= 0.3 is 0 Å². The fourth-order valence-corrected chi connectivity index (χ4v) is 3.98. The molecule has 2 aliphatic heterocycles. The molecule has 0 aliphatic carbocycles. The number of halogens is 1. The first kappa shape index (κ1) is 18.4. The van der Waals surface area contributed by atoms with Crippen molar-refractivity contribution in [3.8, 4) is 0 Å². The van der Waals surface area contributed by atoms with Crippen molar-refractivity contribution in [2.24, 2.45) is 0 Å². The van der Waals surface area contributed by atoms with Crippen molar-refractivity contribution in [2.45, 2.75) is 19.3 Å². The van der Waals surface area contributed by atoms with E-state index in [1.807, 2.05) is 0 Å². The van der Waals surface area contributed by atoms with Crippen molar-refractivity contribution in [2.75, 3.05) is 54.5 Å². The average molecular weight is 434 g/mol. The predicted octanol–water partition coefficient (Wildman–Crippen LogP) is 4.12. The van der Waals surface area contributed by atoms with Gasteiger partial charge in [0.2, 0.25) is 0 Å². The molecule has 144 valence electrons. The molecule has 1 aromatic carbocycles. The Hall–Kier alpha value is -1.99. The smallest absolute Gasteiger partial charge is 0.291 e. The zero-order chi connectivity index (χ0) is 18.6. The molecule has 0 radical (unpaired) electrons. The van der Waals surface area contributed by atoms with Crippen LogP contribution in [0.4, 0.5) is 17.1 Å². The highest BCUT2D eigenvalue weighted by Crippen LogP contribution is 2.33. The van der Waals surface area contributed by atoms with E-state index in [0.717, 1.165) is 56.5 Å². The molecule has 7 heteroatoms. The standard InChI is InChI=1S/C20H24BrN3O3/c21-19-7-6-18(27-19)20(25)22-16-14-15(23-10-12-26-13-11-23)4-5-17(16)24-8-2-1-3-9-24/h4-7,14H,1-3,8-13H2,(H,22,25). The van der Waals surface area contributed by atoms with Crippen LogP contribution in [-0.2, 0) is 4.74 Å². The first-order chi connectivity index (χ1) is 13.2. The molecule has 2 aromatic rings. The lowest BCUT2D eigenvalue weighted by molar-refractivity contribution is 0.0995. The van der Waals surface area contributed by atoms with Gasteiger partial charge in [-0.3, -0.25) is 4.79 Å².